The summed E-state index contributed by atoms with van der Waals surface area (Å²) in [5.41, 5.74) is 7.48. The van der Waals surface area contributed by atoms with Gasteiger partial charge >= 0.3 is 0 Å². The Labute approximate surface area is 160 Å². The second-order valence-electron chi connectivity index (χ2n) is 6.71. The van der Waals surface area contributed by atoms with Gasteiger partial charge in [0.2, 0.25) is 17.6 Å². The molecule has 148 valence electrons. The highest BCUT2D eigenvalue weighted by Crippen LogP contribution is 2.17. The number of carbonyl (C=O) groups excluding carboxylic acids is 1. The van der Waals surface area contributed by atoms with E-state index in [0.717, 1.165) is 24.0 Å². The molecule has 7 nitrogen and oxygen atoms in total. The third-order valence-electron chi connectivity index (χ3n) is 4.42. The number of nitrogens with two attached hydrogens (primary N) is 1. The van der Waals surface area contributed by atoms with Crippen LogP contribution in [0, 0.1) is 0 Å². The molecule has 0 saturated heterocycles. The van der Waals surface area contributed by atoms with E-state index in [1.54, 1.807) is 0 Å². The van der Waals surface area contributed by atoms with Gasteiger partial charge in [0.1, 0.15) is 0 Å². The lowest BCUT2D eigenvalue weighted by Crippen LogP contribution is -2.40. The fraction of sp³-hybridized carbons (Fsp3) is 0.550. The molecule has 0 saturated carbocycles. The monoisotopic (exact) mass is 374 g/mol. The minimum Gasteiger partial charge on any atom is -0.396 e. The second kappa shape index (κ2) is 11.5. The van der Waals surface area contributed by atoms with Gasteiger partial charge in [-0.1, -0.05) is 62.0 Å². The number of benzene rings is 1. The highest BCUT2D eigenvalue weighted by atomic mass is 16.5. The van der Waals surface area contributed by atoms with Gasteiger partial charge in [0, 0.05) is 25.1 Å². The van der Waals surface area contributed by atoms with Crippen LogP contribution in [0.4, 0.5) is 0 Å². The molecule has 0 radical (unpaired) electrons. The number of unbranched alkanes of at least 4 members (excludes halogenated alkanes) is 4. The topological polar surface area (TPSA) is 114 Å². The van der Waals surface area contributed by atoms with Gasteiger partial charge in [-0.05, 0) is 18.4 Å². The number of rotatable bonds is 12. The summed E-state index contributed by atoms with van der Waals surface area (Å²) in [5, 5.41) is 15.6. The minimum atomic E-state index is -0.686. The Morgan fingerprint density at radius 3 is 2.67 bits per heavy atom. The fourth-order valence-corrected chi connectivity index (χ4v) is 2.72. The van der Waals surface area contributed by atoms with Gasteiger partial charge in [-0.3, -0.25) is 4.79 Å². The molecule has 0 unspecified atom stereocenters. The van der Waals surface area contributed by atoms with Crippen LogP contribution in [-0.4, -0.2) is 33.8 Å². The number of nitrogens with one attached hydrogen (secondary N) is 1. The predicted molar refractivity (Wildman–Crippen MR) is 104 cm³/mol. The van der Waals surface area contributed by atoms with Crippen LogP contribution in [0.3, 0.4) is 0 Å². The SMILES string of the molecule is CCCCCCCc1nc(-c2ccc(CNC(=O)[C@@H](N)CCO)cc2)no1. The van der Waals surface area contributed by atoms with E-state index in [2.05, 4.69) is 22.4 Å². The Hall–Kier alpha value is -2.25. The van der Waals surface area contributed by atoms with Crippen LogP contribution in [0.2, 0.25) is 0 Å². The van der Waals surface area contributed by atoms with E-state index in [1.165, 1.54) is 25.7 Å². The summed E-state index contributed by atoms with van der Waals surface area (Å²) < 4.78 is 5.33. The Bertz CT molecular complexity index is 685. The molecule has 2 rings (SSSR count). The quantitative estimate of drug-likeness (QED) is 0.492. The van der Waals surface area contributed by atoms with E-state index in [0.29, 0.717) is 18.3 Å². The first-order chi connectivity index (χ1) is 13.1. The maximum Gasteiger partial charge on any atom is 0.237 e. The Kier molecular flexibility index (Phi) is 8.94. The molecule has 0 spiro atoms. The number of aryl methyl sites for hydroxylation is 1. The average molecular weight is 374 g/mol. The van der Waals surface area contributed by atoms with Crippen molar-refractivity contribution < 1.29 is 14.4 Å². The number of aliphatic hydroxyl groups excluding tert-OH is 1. The van der Waals surface area contributed by atoms with E-state index in [4.69, 9.17) is 15.4 Å². The van der Waals surface area contributed by atoms with E-state index in [1.807, 2.05) is 24.3 Å². The van der Waals surface area contributed by atoms with Crippen LogP contribution in [0.5, 0.6) is 0 Å². The average Bonchev–Trinajstić information content (AvgIpc) is 3.15. The molecule has 1 atom stereocenters. The first-order valence-corrected chi connectivity index (χ1v) is 9.70. The number of aromatic nitrogens is 2. The number of amides is 1. The lowest BCUT2D eigenvalue weighted by molar-refractivity contribution is -0.122. The lowest BCUT2D eigenvalue weighted by atomic mass is 10.1. The second-order valence-corrected chi connectivity index (χ2v) is 6.71. The summed E-state index contributed by atoms with van der Waals surface area (Å²) >= 11 is 0. The molecule has 2 aromatic rings. The largest absolute Gasteiger partial charge is 0.396 e. The van der Waals surface area contributed by atoms with Gasteiger partial charge in [-0.2, -0.15) is 4.98 Å². The summed E-state index contributed by atoms with van der Waals surface area (Å²) in [6, 6.07) is 6.95. The van der Waals surface area contributed by atoms with Gasteiger partial charge < -0.3 is 20.7 Å². The Balaban J connectivity index is 1.82. The van der Waals surface area contributed by atoms with Crippen molar-refractivity contribution in [3.8, 4) is 11.4 Å². The number of hydrogen-bond acceptors (Lipinski definition) is 6. The van der Waals surface area contributed by atoms with E-state index >= 15 is 0 Å². The molecule has 1 heterocycles. The van der Waals surface area contributed by atoms with Gasteiger partial charge in [0.25, 0.3) is 0 Å². The summed E-state index contributed by atoms with van der Waals surface area (Å²) in [6.45, 7) is 2.48. The molecular weight excluding hydrogens is 344 g/mol. The molecule has 27 heavy (non-hydrogen) atoms. The number of carbonyl (C=O) groups is 1. The fourth-order valence-electron chi connectivity index (χ4n) is 2.72. The van der Waals surface area contributed by atoms with Crippen LogP contribution in [0.15, 0.2) is 28.8 Å². The molecule has 1 aromatic heterocycles. The highest BCUT2D eigenvalue weighted by Gasteiger charge is 2.12. The first kappa shape index (κ1) is 21.1. The first-order valence-electron chi connectivity index (χ1n) is 9.70. The summed E-state index contributed by atoms with van der Waals surface area (Å²) in [7, 11) is 0. The van der Waals surface area contributed by atoms with Crippen molar-refractivity contribution in [2.24, 2.45) is 5.73 Å². The van der Waals surface area contributed by atoms with Gasteiger partial charge in [0.15, 0.2) is 0 Å². The smallest absolute Gasteiger partial charge is 0.237 e. The zero-order valence-corrected chi connectivity index (χ0v) is 16.0. The van der Waals surface area contributed by atoms with Gasteiger partial charge in [0.05, 0.1) is 6.04 Å². The molecule has 0 aliphatic rings. The molecule has 0 aliphatic heterocycles. The van der Waals surface area contributed by atoms with Crippen LogP contribution >= 0.6 is 0 Å². The minimum absolute atomic E-state index is 0.102. The summed E-state index contributed by atoms with van der Waals surface area (Å²) in [6.07, 6.45) is 7.08. The van der Waals surface area contributed by atoms with Crippen molar-refractivity contribution in [1.29, 1.82) is 0 Å². The third kappa shape index (κ3) is 7.11. The Morgan fingerprint density at radius 1 is 1.22 bits per heavy atom. The number of aliphatic hydroxyl groups is 1. The van der Waals surface area contributed by atoms with Crippen molar-refractivity contribution in [1.82, 2.24) is 15.5 Å². The normalized spacial score (nSPS) is 12.1. The zero-order chi connectivity index (χ0) is 19.5. The molecule has 0 aliphatic carbocycles. The lowest BCUT2D eigenvalue weighted by Gasteiger charge is -2.11. The van der Waals surface area contributed by atoms with E-state index in [9.17, 15) is 4.79 Å². The molecule has 7 heteroatoms. The number of nitrogens with zero attached hydrogens (tertiary/aromatic N) is 2. The molecular formula is C20H30N4O3. The van der Waals surface area contributed by atoms with Crippen molar-refractivity contribution >= 4 is 5.91 Å². The van der Waals surface area contributed by atoms with Crippen LogP contribution in [0.25, 0.3) is 11.4 Å². The van der Waals surface area contributed by atoms with Crippen molar-refractivity contribution in [3.05, 3.63) is 35.7 Å². The maximum absolute atomic E-state index is 11.8. The molecule has 1 aromatic carbocycles. The van der Waals surface area contributed by atoms with Gasteiger partial charge in [-0.25, -0.2) is 0 Å². The van der Waals surface area contributed by atoms with Gasteiger partial charge in [-0.15, -0.1) is 0 Å². The molecule has 0 fully saturated rings. The van der Waals surface area contributed by atoms with E-state index in [-0.39, 0.29) is 18.9 Å². The van der Waals surface area contributed by atoms with Crippen molar-refractivity contribution in [3.63, 3.8) is 0 Å². The third-order valence-corrected chi connectivity index (χ3v) is 4.42. The van der Waals surface area contributed by atoms with Crippen molar-refractivity contribution in [2.75, 3.05) is 6.61 Å². The van der Waals surface area contributed by atoms with Crippen LogP contribution in [-0.2, 0) is 17.8 Å². The standard InChI is InChI=1S/C20H30N4O3/c1-2-3-4-5-6-7-18-23-19(24-27-18)16-10-8-15(9-11-16)14-22-20(26)17(21)12-13-25/h8-11,17,25H,2-7,12-14,21H2,1H3,(H,22,26)/t17-/m0/s1. The summed E-state index contributed by atoms with van der Waals surface area (Å²) in [4.78, 5) is 16.2. The summed E-state index contributed by atoms with van der Waals surface area (Å²) in [5.74, 6) is 0.990. The van der Waals surface area contributed by atoms with Crippen LogP contribution < -0.4 is 11.1 Å². The predicted octanol–water partition coefficient (Wildman–Crippen LogP) is 2.58. The van der Waals surface area contributed by atoms with E-state index < -0.39 is 6.04 Å². The molecule has 0 bridgehead atoms. The highest BCUT2D eigenvalue weighted by molar-refractivity contribution is 5.81. The molecule has 4 N–H and O–H groups in total. The van der Waals surface area contributed by atoms with Crippen LogP contribution in [0.1, 0.15) is 56.9 Å². The molecule has 1 amide bonds. The zero-order valence-electron chi connectivity index (χ0n) is 16.0. The number of hydrogen-bond donors (Lipinski definition) is 3. The Morgan fingerprint density at radius 2 is 1.96 bits per heavy atom. The maximum atomic E-state index is 11.8. The van der Waals surface area contributed by atoms with Crippen molar-refractivity contribution in [2.45, 2.75) is 64.5 Å².